The van der Waals surface area contributed by atoms with Crippen LogP contribution in [-0.4, -0.2) is 70.4 Å². The molecule has 9 heteroatoms. The molecule has 2 aliphatic heterocycles. The van der Waals surface area contributed by atoms with Crippen molar-refractivity contribution in [2.75, 3.05) is 44.3 Å². The maximum absolute atomic E-state index is 12.9. The van der Waals surface area contributed by atoms with E-state index in [1.165, 1.54) is 5.57 Å². The summed E-state index contributed by atoms with van der Waals surface area (Å²) in [6.07, 6.45) is 10.5. The summed E-state index contributed by atoms with van der Waals surface area (Å²) in [5.41, 5.74) is 2.38. The highest BCUT2D eigenvalue weighted by atomic mass is 16.5. The third-order valence-electron chi connectivity index (χ3n) is 8.35. The number of nitrogens with zero attached hydrogens (tertiary/aromatic N) is 5. The number of carbonyl (C=O) groups is 1. The topological polar surface area (TPSA) is 105 Å². The lowest BCUT2D eigenvalue weighted by Gasteiger charge is -2.34. The number of rotatable bonds is 8. The Hall–Kier alpha value is -2.94. The highest BCUT2D eigenvalue weighted by Gasteiger charge is 2.29. The van der Waals surface area contributed by atoms with Crippen molar-refractivity contribution in [3.05, 3.63) is 35.8 Å². The molecule has 2 aromatic rings. The Kier molecular flexibility index (Phi) is 8.61. The summed E-state index contributed by atoms with van der Waals surface area (Å²) in [6.45, 7) is 8.35. The van der Waals surface area contributed by atoms with E-state index in [9.17, 15) is 9.90 Å². The molecular weight excluding hydrogens is 482 g/mol. The lowest BCUT2D eigenvalue weighted by Crippen LogP contribution is -2.42. The van der Waals surface area contributed by atoms with Gasteiger partial charge in [-0.05, 0) is 74.0 Å². The van der Waals surface area contributed by atoms with Crippen LogP contribution in [0, 0.1) is 17.8 Å². The molecule has 0 aromatic carbocycles. The van der Waals surface area contributed by atoms with Crippen LogP contribution in [0.3, 0.4) is 0 Å². The molecule has 0 bridgehead atoms. The van der Waals surface area contributed by atoms with Crippen molar-refractivity contribution in [2.45, 2.75) is 64.7 Å². The zero-order chi connectivity index (χ0) is 26.5. The third kappa shape index (κ3) is 6.37. The van der Waals surface area contributed by atoms with E-state index in [2.05, 4.69) is 46.0 Å². The van der Waals surface area contributed by atoms with Gasteiger partial charge in [-0.2, -0.15) is 4.98 Å². The molecule has 38 heavy (non-hydrogen) atoms. The zero-order valence-corrected chi connectivity index (χ0v) is 22.7. The number of aliphatic hydroxyl groups excluding tert-OH is 1. The monoisotopic (exact) mass is 523 g/mol. The van der Waals surface area contributed by atoms with Crippen molar-refractivity contribution >= 4 is 17.5 Å². The molecule has 1 aliphatic carbocycles. The molecule has 1 atom stereocenters. The van der Waals surface area contributed by atoms with Gasteiger partial charge < -0.3 is 24.2 Å². The number of hydrogen-bond acceptors (Lipinski definition) is 8. The standard InChI is InChI=1S/C29H41N5O4/c1-20(2)27-31-29(38-32-27)34-15-11-22(12-16-34)19-37-26-8-7-25(17-30-26)23-3-5-24(6-4-23)28(36)33-13-9-21(18-35)10-14-33/h3,7-8,17,20-22,24,35H,4-6,9-16,18-19H2,1-2H3. The van der Waals surface area contributed by atoms with Gasteiger partial charge in [0.1, 0.15) is 0 Å². The molecule has 0 saturated carbocycles. The first kappa shape index (κ1) is 26.7. The molecule has 0 radical (unpaired) electrons. The van der Waals surface area contributed by atoms with Crippen LogP contribution < -0.4 is 9.64 Å². The predicted octanol–water partition coefficient (Wildman–Crippen LogP) is 4.30. The van der Waals surface area contributed by atoms with Gasteiger partial charge in [-0.3, -0.25) is 4.79 Å². The first-order valence-corrected chi connectivity index (χ1v) is 14.3. The highest BCUT2D eigenvalue weighted by molar-refractivity contribution is 5.80. The molecule has 2 aromatic heterocycles. The van der Waals surface area contributed by atoms with E-state index in [0.29, 0.717) is 30.3 Å². The van der Waals surface area contributed by atoms with Crippen LogP contribution in [0.5, 0.6) is 5.88 Å². The molecule has 9 nitrogen and oxygen atoms in total. The van der Waals surface area contributed by atoms with Crippen molar-refractivity contribution in [1.82, 2.24) is 20.0 Å². The highest BCUT2D eigenvalue weighted by Crippen LogP contribution is 2.32. The van der Waals surface area contributed by atoms with Gasteiger partial charge >= 0.3 is 6.01 Å². The Morgan fingerprint density at radius 1 is 1.11 bits per heavy atom. The van der Waals surface area contributed by atoms with Gasteiger partial charge in [-0.15, -0.1) is 0 Å². The second-order valence-corrected chi connectivity index (χ2v) is 11.4. The molecule has 4 heterocycles. The fraction of sp³-hybridized carbons (Fsp3) is 0.655. The van der Waals surface area contributed by atoms with Crippen molar-refractivity contribution in [3.63, 3.8) is 0 Å². The van der Waals surface area contributed by atoms with Crippen molar-refractivity contribution in [3.8, 4) is 5.88 Å². The summed E-state index contributed by atoms with van der Waals surface area (Å²) in [7, 11) is 0. The SMILES string of the molecule is CC(C)c1noc(N2CCC(COc3ccc(C4=CCC(C(=O)N5CCC(CO)CC5)CC4)cn3)CC2)n1. The molecule has 3 aliphatic rings. The number of pyridine rings is 1. The van der Waals surface area contributed by atoms with Gasteiger partial charge in [-0.25, -0.2) is 4.98 Å². The van der Waals surface area contributed by atoms with Crippen LogP contribution in [0.4, 0.5) is 6.01 Å². The number of anilines is 1. The Bertz CT molecular complexity index is 1080. The molecule has 0 spiro atoms. The van der Waals surface area contributed by atoms with E-state index in [4.69, 9.17) is 9.26 Å². The fourth-order valence-electron chi connectivity index (χ4n) is 5.65. The molecule has 1 N–H and O–H groups in total. The van der Waals surface area contributed by atoms with Gasteiger partial charge in [0.2, 0.25) is 11.8 Å². The second-order valence-electron chi connectivity index (χ2n) is 11.4. The average Bonchev–Trinajstić information content (AvgIpc) is 3.47. The second kappa shape index (κ2) is 12.3. The first-order valence-electron chi connectivity index (χ1n) is 14.3. The van der Waals surface area contributed by atoms with Crippen LogP contribution in [0.15, 0.2) is 28.9 Å². The average molecular weight is 524 g/mol. The number of aliphatic hydroxyl groups is 1. The number of amides is 1. The minimum absolute atomic E-state index is 0.0727. The summed E-state index contributed by atoms with van der Waals surface area (Å²) in [6, 6.07) is 4.67. The summed E-state index contributed by atoms with van der Waals surface area (Å²) < 4.78 is 11.5. The zero-order valence-electron chi connectivity index (χ0n) is 22.7. The summed E-state index contributed by atoms with van der Waals surface area (Å²) in [4.78, 5) is 26.2. The summed E-state index contributed by atoms with van der Waals surface area (Å²) in [5, 5.41) is 13.4. The van der Waals surface area contributed by atoms with E-state index in [-0.39, 0.29) is 24.3 Å². The summed E-state index contributed by atoms with van der Waals surface area (Å²) in [5.74, 6) is 2.86. The van der Waals surface area contributed by atoms with Gasteiger partial charge in [-0.1, -0.05) is 25.1 Å². The number of carbonyl (C=O) groups excluding carboxylic acids is 1. The van der Waals surface area contributed by atoms with E-state index >= 15 is 0 Å². The van der Waals surface area contributed by atoms with Gasteiger partial charge in [0, 0.05) is 56.9 Å². The minimum Gasteiger partial charge on any atom is -0.477 e. The molecular formula is C29H41N5O4. The van der Waals surface area contributed by atoms with Crippen LogP contribution in [0.1, 0.15) is 76.1 Å². The largest absolute Gasteiger partial charge is 0.477 e. The van der Waals surface area contributed by atoms with E-state index in [0.717, 1.165) is 82.5 Å². The summed E-state index contributed by atoms with van der Waals surface area (Å²) >= 11 is 0. The normalized spacial score (nSPS) is 21.6. The fourth-order valence-corrected chi connectivity index (χ4v) is 5.65. The molecule has 5 rings (SSSR count). The van der Waals surface area contributed by atoms with Gasteiger partial charge in [0.15, 0.2) is 5.82 Å². The molecule has 2 saturated heterocycles. The van der Waals surface area contributed by atoms with Crippen LogP contribution >= 0.6 is 0 Å². The number of allylic oxidation sites excluding steroid dienone is 2. The maximum atomic E-state index is 12.9. The van der Waals surface area contributed by atoms with Crippen LogP contribution in [-0.2, 0) is 4.79 Å². The lowest BCUT2D eigenvalue weighted by atomic mass is 9.85. The molecule has 2 fully saturated rings. The number of likely N-dealkylation sites (tertiary alicyclic amines) is 1. The van der Waals surface area contributed by atoms with Crippen LogP contribution in [0.25, 0.3) is 5.57 Å². The Balaban J connectivity index is 1.05. The lowest BCUT2D eigenvalue weighted by molar-refractivity contribution is -0.137. The quantitative estimate of drug-likeness (QED) is 0.546. The van der Waals surface area contributed by atoms with Crippen molar-refractivity contribution in [2.24, 2.45) is 17.8 Å². The number of piperidine rings is 2. The van der Waals surface area contributed by atoms with Gasteiger partial charge in [0.25, 0.3) is 0 Å². The van der Waals surface area contributed by atoms with Crippen molar-refractivity contribution < 1.29 is 19.2 Å². The minimum atomic E-state index is 0.0727. The van der Waals surface area contributed by atoms with E-state index in [1.54, 1.807) is 0 Å². The Morgan fingerprint density at radius 2 is 1.87 bits per heavy atom. The molecule has 1 amide bonds. The predicted molar refractivity (Wildman–Crippen MR) is 145 cm³/mol. The van der Waals surface area contributed by atoms with E-state index < -0.39 is 0 Å². The first-order chi connectivity index (χ1) is 18.5. The smallest absolute Gasteiger partial charge is 0.324 e. The van der Waals surface area contributed by atoms with Gasteiger partial charge in [0.05, 0.1) is 6.61 Å². The number of aromatic nitrogens is 3. The number of hydrogen-bond donors (Lipinski definition) is 1. The Morgan fingerprint density at radius 3 is 2.47 bits per heavy atom. The number of ether oxygens (including phenoxy) is 1. The molecule has 1 unspecified atom stereocenters. The van der Waals surface area contributed by atoms with E-state index in [1.807, 2.05) is 17.2 Å². The molecule has 206 valence electrons. The Labute approximate surface area is 225 Å². The maximum Gasteiger partial charge on any atom is 0.324 e. The van der Waals surface area contributed by atoms with Crippen LogP contribution in [0.2, 0.25) is 0 Å². The van der Waals surface area contributed by atoms with Crippen molar-refractivity contribution in [1.29, 1.82) is 0 Å². The third-order valence-corrected chi connectivity index (χ3v) is 8.35.